The molecule has 0 bridgehead atoms. The zero-order valence-electron chi connectivity index (χ0n) is 16.4. The molecule has 0 aromatic heterocycles. The van der Waals surface area contributed by atoms with Gasteiger partial charge in [-0.05, 0) is 48.2 Å². The minimum absolute atomic E-state index is 0.0784. The Hall–Kier alpha value is -3.02. The van der Waals surface area contributed by atoms with Gasteiger partial charge in [0.15, 0.2) is 5.96 Å². The molecule has 0 fully saturated rings. The molecular weight excluding hydrogens is 340 g/mol. The van der Waals surface area contributed by atoms with E-state index in [4.69, 9.17) is 4.74 Å². The number of methoxy groups -OCH3 is 1. The number of hydrogen-bond acceptors (Lipinski definition) is 3. The fourth-order valence-electron chi connectivity index (χ4n) is 2.71. The van der Waals surface area contributed by atoms with Crippen molar-refractivity contribution in [1.82, 2.24) is 10.6 Å². The Labute approximate surface area is 161 Å². The Morgan fingerprint density at radius 3 is 2.63 bits per heavy atom. The van der Waals surface area contributed by atoms with Crippen LogP contribution in [0.25, 0.3) is 0 Å². The molecule has 6 nitrogen and oxygen atoms in total. The molecule has 2 aromatic carbocycles. The van der Waals surface area contributed by atoms with Crippen molar-refractivity contribution < 1.29 is 9.53 Å². The van der Waals surface area contributed by atoms with Crippen molar-refractivity contribution in [2.45, 2.75) is 26.8 Å². The number of aryl methyl sites for hydroxylation is 1. The third-order valence-electron chi connectivity index (χ3n) is 4.11. The number of amides is 1. The lowest BCUT2D eigenvalue weighted by Crippen LogP contribution is -2.37. The average molecular weight is 368 g/mol. The molecule has 0 aliphatic heterocycles. The van der Waals surface area contributed by atoms with Crippen LogP contribution in [0.15, 0.2) is 47.5 Å². The molecule has 2 aromatic rings. The van der Waals surface area contributed by atoms with Crippen LogP contribution in [-0.4, -0.2) is 32.6 Å². The number of ether oxygens (including phenoxy) is 1. The van der Waals surface area contributed by atoms with Crippen LogP contribution in [0, 0.1) is 6.92 Å². The normalized spacial score (nSPS) is 11.0. The van der Waals surface area contributed by atoms with E-state index >= 15 is 0 Å². The Balaban J connectivity index is 1.83. The van der Waals surface area contributed by atoms with Gasteiger partial charge in [-0.15, -0.1) is 0 Å². The SMILES string of the molecule is CN=C(NCCc1ccc(C)c(OC)c1)NCc1cccc(NC(C)=O)c1. The summed E-state index contributed by atoms with van der Waals surface area (Å²) in [5, 5.41) is 9.39. The maximum atomic E-state index is 11.2. The van der Waals surface area contributed by atoms with Crippen LogP contribution < -0.4 is 20.7 Å². The fourth-order valence-corrected chi connectivity index (χ4v) is 2.71. The van der Waals surface area contributed by atoms with Gasteiger partial charge in [0, 0.05) is 32.7 Å². The summed E-state index contributed by atoms with van der Waals surface area (Å²) in [6.07, 6.45) is 0.870. The molecule has 0 atom stereocenters. The van der Waals surface area contributed by atoms with E-state index in [1.54, 1.807) is 14.2 Å². The highest BCUT2D eigenvalue weighted by Crippen LogP contribution is 2.19. The summed E-state index contributed by atoms with van der Waals surface area (Å²) in [6, 6.07) is 14.0. The molecule has 0 spiro atoms. The van der Waals surface area contributed by atoms with Gasteiger partial charge in [0.25, 0.3) is 0 Å². The van der Waals surface area contributed by atoms with E-state index in [2.05, 4.69) is 39.1 Å². The molecule has 1 amide bonds. The number of aliphatic imine (C=N–C) groups is 1. The molecule has 0 aliphatic carbocycles. The van der Waals surface area contributed by atoms with Gasteiger partial charge in [-0.3, -0.25) is 9.79 Å². The number of nitrogens with one attached hydrogen (secondary N) is 3. The number of hydrogen-bond donors (Lipinski definition) is 3. The number of carbonyl (C=O) groups excluding carboxylic acids is 1. The number of rotatable bonds is 7. The first-order valence-electron chi connectivity index (χ1n) is 8.96. The Morgan fingerprint density at radius 1 is 1.11 bits per heavy atom. The van der Waals surface area contributed by atoms with Crippen LogP contribution in [0.2, 0.25) is 0 Å². The maximum Gasteiger partial charge on any atom is 0.221 e. The van der Waals surface area contributed by atoms with Crippen molar-refractivity contribution in [3.05, 3.63) is 59.2 Å². The minimum atomic E-state index is -0.0784. The highest BCUT2D eigenvalue weighted by molar-refractivity contribution is 5.88. The van der Waals surface area contributed by atoms with Crippen molar-refractivity contribution >= 4 is 17.6 Å². The summed E-state index contributed by atoms with van der Waals surface area (Å²) < 4.78 is 5.37. The lowest BCUT2D eigenvalue weighted by atomic mass is 10.1. The first-order chi connectivity index (χ1) is 13.0. The lowest BCUT2D eigenvalue weighted by molar-refractivity contribution is -0.114. The smallest absolute Gasteiger partial charge is 0.221 e. The number of guanidine groups is 1. The van der Waals surface area contributed by atoms with E-state index in [0.717, 1.165) is 41.5 Å². The summed E-state index contributed by atoms with van der Waals surface area (Å²) in [7, 11) is 3.44. The number of carbonyl (C=O) groups is 1. The maximum absolute atomic E-state index is 11.2. The van der Waals surface area contributed by atoms with Crippen LogP contribution in [0.1, 0.15) is 23.6 Å². The first-order valence-corrected chi connectivity index (χ1v) is 8.96. The van der Waals surface area contributed by atoms with Crippen molar-refractivity contribution in [3.8, 4) is 5.75 Å². The molecule has 0 aliphatic rings. The molecular formula is C21H28N4O2. The summed E-state index contributed by atoms with van der Waals surface area (Å²) in [5.41, 5.74) is 4.20. The van der Waals surface area contributed by atoms with Crippen LogP contribution in [0.5, 0.6) is 5.75 Å². The summed E-state index contributed by atoms with van der Waals surface area (Å²) in [6.45, 7) is 4.91. The molecule has 2 rings (SSSR count). The van der Waals surface area contributed by atoms with E-state index in [-0.39, 0.29) is 5.91 Å². The third-order valence-corrected chi connectivity index (χ3v) is 4.11. The topological polar surface area (TPSA) is 74.8 Å². The van der Waals surface area contributed by atoms with Gasteiger partial charge in [-0.1, -0.05) is 24.3 Å². The molecule has 0 unspecified atom stereocenters. The minimum Gasteiger partial charge on any atom is -0.496 e. The van der Waals surface area contributed by atoms with E-state index in [1.165, 1.54) is 12.5 Å². The van der Waals surface area contributed by atoms with E-state index in [9.17, 15) is 4.79 Å². The van der Waals surface area contributed by atoms with Gasteiger partial charge in [0.05, 0.1) is 7.11 Å². The Morgan fingerprint density at radius 2 is 1.93 bits per heavy atom. The van der Waals surface area contributed by atoms with E-state index < -0.39 is 0 Å². The first kappa shape index (κ1) is 20.3. The molecule has 144 valence electrons. The van der Waals surface area contributed by atoms with Gasteiger partial charge < -0.3 is 20.7 Å². The van der Waals surface area contributed by atoms with Crippen molar-refractivity contribution in [2.75, 3.05) is 26.0 Å². The van der Waals surface area contributed by atoms with Gasteiger partial charge >= 0.3 is 0 Å². The van der Waals surface area contributed by atoms with Crippen LogP contribution in [-0.2, 0) is 17.8 Å². The van der Waals surface area contributed by atoms with Gasteiger partial charge in [-0.25, -0.2) is 0 Å². The Bertz CT molecular complexity index is 803. The zero-order chi connectivity index (χ0) is 19.6. The number of nitrogens with zero attached hydrogens (tertiary/aromatic N) is 1. The van der Waals surface area contributed by atoms with Crippen molar-refractivity contribution in [3.63, 3.8) is 0 Å². The summed E-state index contributed by atoms with van der Waals surface area (Å²) in [4.78, 5) is 15.4. The second-order valence-electron chi connectivity index (χ2n) is 6.29. The molecule has 3 N–H and O–H groups in total. The molecule has 0 saturated carbocycles. The summed E-state index contributed by atoms with van der Waals surface area (Å²) >= 11 is 0. The van der Waals surface area contributed by atoms with Crippen LogP contribution >= 0.6 is 0 Å². The van der Waals surface area contributed by atoms with Gasteiger partial charge in [-0.2, -0.15) is 0 Å². The number of anilines is 1. The molecule has 0 saturated heterocycles. The molecule has 0 radical (unpaired) electrons. The van der Waals surface area contributed by atoms with Gasteiger partial charge in [0.1, 0.15) is 5.75 Å². The Kier molecular flexibility index (Phi) is 7.67. The zero-order valence-corrected chi connectivity index (χ0v) is 16.4. The lowest BCUT2D eigenvalue weighted by Gasteiger charge is -2.13. The summed E-state index contributed by atoms with van der Waals surface area (Å²) in [5.74, 6) is 1.57. The second kappa shape index (κ2) is 10.2. The predicted octanol–water partition coefficient (Wildman–Crippen LogP) is 2.87. The van der Waals surface area contributed by atoms with Crippen molar-refractivity contribution in [2.24, 2.45) is 4.99 Å². The quantitative estimate of drug-likeness (QED) is 0.519. The monoisotopic (exact) mass is 368 g/mol. The van der Waals surface area contributed by atoms with Crippen molar-refractivity contribution in [1.29, 1.82) is 0 Å². The standard InChI is InChI=1S/C21H28N4O2/c1-15-8-9-17(13-20(15)27-4)10-11-23-21(22-3)24-14-18-6-5-7-19(12-18)25-16(2)26/h5-9,12-13H,10-11,14H2,1-4H3,(H,25,26)(H2,22,23,24). The average Bonchev–Trinajstić information content (AvgIpc) is 2.65. The van der Waals surface area contributed by atoms with Crippen LogP contribution in [0.3, 0.4) is 0 Å². The van der Waals surface area contributed by atoms with Gasteiger partial charge in [0.2, 0.25) is 5.91 Å². The molecule has 0 heterocycles. The molecule has 6 heteroatoms. The molecule has 27 heavy (non-hydrogen) atoms. The second-order valence-corrected chi connectivity index (χ2v) is 6.29. The highest BCUT2D eigenvalue weighted by atomic mass is 16.5. The third kappa shape index (κ3) is 6.66. The van der Waals surface area contributed by atoms with E-state index in [1.807, 2.05) is 31.2 Å². The van der Waals surface area contributed by atoms with E-state index in [0.29, 0.717) is 6.54 Å². The largest absolute Gasteiger partial charge is 0.496 e. The predicted molar refractivity (Wildman–Crippen MR) is 110 cm³/mol. The fraction of sp³-hybridized carbons (Fsp3) is 0.333. The number of benzene rings is 2. The van der Waals surface area contributed by atoms with Crippen LogP contribution in [0.4, 0.5) is 5.69 Å². The highest BCUT2D eigenvalue weighted by Gasteiger charge is 2.03.